The van der Waals surface area contributed by atoms with Crippen LogP contribution < -0.4 is 5.32 Å². The highest BCUT2D eigenvalue weighted by atomic mass is 32.2. The second-order valence-corrected chi connectivity index (χ2v) is 3.21. The first-order valence-corrected chi connectivity index (χ1v) is 3.89. The van der Waals surface area contributed by atoms with E-state index in [2.05, 4.69) is 5.32 Å². The average Bonchev–Trinajstić information content (AvgIpc) is 1.77. The summed E-state index contributed by atoms with van der Waals surface area (Å²) in [6.45, 7) is 0. The van der Waals surface area contributed by atoms with Gasteiger partial charge in [-0.05, 0) is 0 Å². The van der Waals surface area contributed by atoms with E-state index in [1.807, 2.05) is 0 Å². The standard InChI is InChI=1S/C4H7NO2S/c6-4-1-2-8(7)3-5-4/h1-3H2,(H,5,6). The molecule has 0 saturated carbocycles. The minimum atomic E-state index is -0.793. The zero-order valence-corrected chi connectivity index (χ0v) is 5.16. The number of carbonyl (C=O) groups is 1. The van der Waals surface area contributed by atoms with Gasteiger partial charge in [-0.2, -0.15) is 0 Å². The van der Waals surface area contributed by atoms with Crippen molar-refractivity contribution >= 4 is 16.7 Å². The molecule has 0 radical (unpaired) electrons. The Labute approximate surface area is 49.9 Å². The van der Waals surface area contributed by atoms with Crippen molar-refractivity contribution in [2.75, 3.05) is 11.6 Å². The molecule has 1 N–H and O–H groups in total. The van der Waals surface area contributed by atoms with Crippen LogP contribution in [0.1, 0.15) is 6.42 Å². The number of nitrogens with one attached hydrogen (secondary N) is 1. The molecular formula is C4H7NO2S. The lowest BCUT2D eigenvalue weighted by Crippen LogP contribution is -2.34. The third-order valence-electron chi connectivity index (χ3n) is 0.987. The molecule has 0 aliphatic carbocycles. The van der Waals surface area contributed by atoms with Crippen molar-refractivity contribution in [1.29, 1.82) is 0 Å². The van der Waals surface area contributed by atoms with Gasteiger partial charge in [-0.1, -0.05) is 0 Å². The first kappa shape index (κ1) is 5.75. The number of hydrogen-bond donors (Lipinski definition) is 1. The van der Waals surface area contributed by atoms with Crippen molar-refractivity contribution in [2.24, 2.45) is 0 Å². The van der Waals surface area contributed by atoms with Gasteiger partial charge in [0.2, 0.25) is 5.91 Å². The molecule has 1 aliphatic heterocycles. The zero-order valence-electron chi connectivity index (χ0n) is 4.35. The van der Waals surface area contributed by atoms with Gasteiger partial charge in [0.15, 0.2) is 0 Å². The van der Waals surface area contributed by atoms with Crippen LogP contribution >= 0.6 is 0 Å². The number of carbonyl (C=O) groups excluding carboxylic acids is 1. The fourth-order valence-electron chi connectivity index (χ4n) is 0.528. The van der Waals surface area contributed by atoms with Crippen LogP contribution in [-0.2, 0) is 15.6 Å². The van der Waals surface area contributed by atoms with Crippen LogP contribution in [0.4, 0.5) is 0 Å². The van der Waals surface area contributed by atoms with E-state index in [1.54, 1.807) is 0 Å². The van der Waals surface area contributed by atoms with Gasteiger partial charge in [0.05, 0.1) is 5.88 Å². The van der Waals surface area contributed by atoms with E-state index >= 15 is 0 Å². The Bertz CT molecular complexity index is 106. The molecular weight excluding hydrogens is 126 g/mol. The minimum absolute atomic E-state index is 0.0181. The molecule has 0 aromatic carbocycles. The lowest BCUT2D eigenvalue weighted by molar-refractivity contribution is -0.120. The highest BCUT2D eigenvalue weighted by Crippen LogP contribution is 1.92. The van der Waals surface area contributed by atoms with Crippen LogP contribution in [0.3, 0.4) is 0 Å². The fourth-order valence-corrected chi connectivity index (χ4v) is 1.41. The summed E-state index contributed by atoms with van der Waals surface area (Å²) < 4.78 is 10.5. The van der Waals surface area contributed by atoms with Crippen molar-refractivity contribution in [1.82, 2.24) is 5.32 Å². The van der Waals surface area contributed by atoms with Gasteiger partial charge in [0.1, 0.15) is 0 Å². The van der Waals surface area contributed by atoms with Crippen molar-refractivity contribution in [3.63, 3.8) is 0 Å². The molecule has 0 spiro atoms. The van der Waals surface area contributed by atoms with Gasteiger partial charge in [-0.3, -0.25) is 9.00 Å². The van der Waals surface area contributed by atoms with Crippen LogP contribution in [-0.4, -0.2) is 21.7 Å². The van der Waals surface area contributed by atoms with Gasteiger partial charge in [0, 0.05) is 23.0 Å². The van der Waals surface area contributed by atoms with Crippen molar-refractivity contribution in [3.05, 3.63) is 0 Å². The molecule has 1 amide bonds. The van der Waals surface area contributed by atoms with E-state index in [4.69, 9.17) is 0 Å². The second kappa shape index (κ2) is 2.26. The predicted octanol–water partition coefficient (Wildman–Crippen LogP) is -0.788. The van der Waals surface area contributed by atoms with E-state index in [1.165, 1.54) is 0 Å². The van der Waals surface area contributed by atoms with Gasteiger partial charge in [0.25, 0.3) is 0 Å². The maximum Gasteiger partial charge on any atom is 0.221 e. The third kappa shape index (κ3) is 1.30. The van der Waals surface area contributed by atoms with Crippen molar-refractivity contribution in [2.45, 2.75) is 6.42 Å². The Morgan fingerprint density at radius 3 is 2.75 bits per heavy atom. The molecule has 1 unspecified atom stereocenters. The summed E-state index contributed by atoms with van der Waals surface area (Å²) in [4.78, 5) is 10.4. The van der Waals surface area contributed by atoms with Crippen LogP contribution in [0.15, 0.2) is 0 Å². The lowest BCUT2D eigenvalue weighted by atomic mass is 10.5. The number of amides is 1. The molecule has 1 heterocycles. The molecule has 1 rings (SSSR count). The van der Waals surface area contributed by atoms with Gasteiger partial charge in [-0.15, -0.1) is 0 Å². The highest BCUT2D eigenvalue weighted by Gasteiger charge is 2.11. The van der Waals surface area contributed by atoms with Crippen molar-refractivity contribution < 1.29 is 9.00 Å². The van der Waals surface area contributed by atoms with Crippen LogP contribution in [0.2, 0.25) is 0 Å². The maximum atomic E-state index is 10.5. The zero-order chi connectivity index (χ0) is 5.98. The van der Waals surface area contributed by atoms with E-state index in [0.29, 0.717) is 18.1 Å². The second-order valence-electron chi connectivity index (χ2n) is 1.64. The predicted molar refractivity (Wildman–Crippen MR) is 30.6 cm³/mol. The Hall–Kier alpha value is -0.380. The fraction of sp³-hybridized carbons (Fsp3) is 0.750. The molecule has 1 atom stereocenters. The molecule has 8 heavy (non-hydrogen) atoms. The quantitative estimate of drug-likeness (QED) is 0.471. The molecule has 1 fully saturated rings. The smallest absolute Gasteiger partial charge is 0.221 e. The monoisotopic (exact) mass is 133 g/mol. The number of hydrogen-bond acceptors (Lipinski definition) is 2. The summed E-state index contributed by atoms with van der Waals surface area (Å²) in [7, 11) is -0.793. The van der Waals surface area contributed by atoms with E-state index in [9.17, 15) is 9.00 Å². The van der Waals surface area contributed by atoms with Crippen LogP contribution in [0, 0.1) is 0 Å². The molecule has 1 saturated heterocycles. The normalized spacial score (nSPS) is 29.5. The Kier molecular flexibility index (Phi) is 1.62. The summed E-state index contributed by atoms with van der Waals surface area (Å²) in [6.07, 6.45) is 0.423. The van der Waals surface area contributed by atoms with E-state index in [0.717, 1.165) is 0 Å². The SMILES string of the molecule is O=C1CCS(=O)CN1. The molecule has 3 nitrogen and oxygen atoms in total. The first-order valence-electron chi connectivity index (χ1n) is 2.41. The molecule has 4 heteroatoms. The molecule has 0 aromatic heterocycles. The lowest BCUT2D eigenvalue weighted by Gasteiger charge is -2.09. The summed E-state index contributed by atoms with van der Waals surface area (Å²) in [6, 6.07) is 0. The summed E-state index contributed by atoms with van der Waals surface area (Å²) >= 11 is 0. The molecule has 0 aromatic rings. The number of rotatable bonds is 0. The molecule has 46 valence electrons. The maximum absolute atomic E-state index is 10.5. The van der Waals surface area contributed by atoms with Crippen molar-refractivity contribution in [3.8, 4) is 0 Å². The molecule has 1 aliphatic rings. The van der Waals surface area contributed by atoms with E-state index < -0.39 is 10.8 Å². The molecule has 0 bridgehead atoms. The summed E-state index contributed by atoms with van der Waals surface area (Å²) in [5, 5.41) is 2.49. The summed E-state index contributed by atoms with van der Waals surface area (Å²) in [5.41, 5.74) is 0. The van der Waals surface area contributed by atoms with Crippen LogP contribution in [0.5, 0.6) is 0 Å². The first-order chi connectivity index (χ1) is 3.79. The Morgan fingerprint density at radius 2 is 2.38 bits per heavy atom. The highest BCUT2D eigenvalue weighted by molar-refractivity contribution is 7.85. The Morgan fingerprint density at radius 1 is 1.62 bits per heavy atom. The topological polar surface area (TPSA) is 46.2 Å². The largest absolute Gasteiger partial charge is 0.344 e. The average molecular weight is 133 g/mol. The van der Waals surface area contributed by atoms with Gasteiger partial charge >= 0.3 is 0 Å². The van der Waals surface area contributed by atoms with Crippen LogP contribution in [0.25, 0.3) is 0 Å². The summed E-state index contributed by atoms with van der Waals surface area (Å²) in [5.74, 6) is 0.898. The van der Waals surface area contributed by atoms with Gasteiger partial charge in [-0.25, -0.2) is 0 Å². The Balaban J connectivity index is 2.40. The van der Waals surface area contributed by atoms with E-state index in [-0.39, 0.29) is 5.91 Å². The van der Waals surface area contributed by atoms with Gasteiger partial charge < -0.3 is 5.32 Å². The third-order valence-corrected chi connectivity index (χ3v) is 2.11. The minimum Gasteiger partial charge on any atom is -0.344 e.